The molecule has 6 nitrogen and oxygen atoms in total. The quantitative estimate of drug-likeness (QED) is 0.711. The molecule has 0 spiro atoms. The maximum atomic E-state index is 13.1. The van der Waals surface area contributed by atoms with Crippen LogP contribution >= 0.6 is 0 Å². The maximum absolute atomic E-state index is 13.1. The van der Waals surface area contributed by atoms with Gasteiger partial charge in [0, 0.05) is 13.6 Å². The van der Waals surface area contributed by atoms with Crippen LogP contribution in [0.3, 0.4) is 0 Å². The number of benzene rings is 2. The van der Waals surface area contributed by atoms with E-state index in [0.717, 1.165) is 17.7 Å². The van der Waals surface area contributed by atoms with Gasteiger partial charge in [-0.25, -0.2) is 13.1 Å². The van der Waals surface area contributed by atoms with Gasteiger partial charge in [-0.15, -0.1) is 0 Å². The average molecular weight is 444 g/mol. The Kier molecular flexibility index (Phi) is 6.71. The fourth-order valence-corrected chi connectivity index (χ4v) is 5.03. The van der Waals surface area contributed by atoms with Gasteiger partial charge >= 0.3 is 6.18 Å². The summed E-state index contributed by atoms with van der Waals surface area (Å²) < 4.78 is 72.9. The van der Waals surface area contributed by atoms with E-state index in [0.29, 0.717) is 12.2 Å². The minimum Gasteiger partial charge on any atom is -0.496 e. The van der Waals surface area contributed by atoms with E-state index >= 15 is 0 Å². The SMILES string of the molecule is COc1ccccc1CCNS(=O)(=O)[C@H]1CON(C)[C@@H]1c1cccc(C(F)(F)F)c1. The molecule has 0 aliphatic carbocycles. The Bertz CT molecular complexity index is 982. The molecular weight excluding hydrogens is 421 g/mol. The highest BCUT2D eigenvalue weighted by Gasteiger charge is 2.43. The van der Waals surface area contributed by atoms with Gasteiger partial charge in [0.2, 0.25) is 10.0 Å². The van der Waals surface area contributed by atoms with Gasteiger partial charge in [-0.3, -0.25) is 4.84 Å². The van der Waals surface area contributed by atoms with E-state index in [1.54, 1.807) is 6.07 Å². The van der Waals surface area contributed by atoms with Crippen LogP contribution in [-0.2, 0) is 27.5 Å². The molecule has 1 saturated heterocycles. The van der Waals surface area contributed by atoms with Gasteiger partial charge in [-0.05, 0) is 35.7 Å². The van der Waals surface area contributed by atoms with Gasteiger partial charge < -0.3 is 4.74 Å². The number of hydrogen-bond donors (Lipinski definition) is 1. The highest BCUT2D eigenvalue weighted by atomic mass is 32.2. The molecule has 0 aromatic heterocycles. The topological polar surface area (TPSA) is 67.9 Å². The van der Waals surface area contributed by atoms with Gasteiger partial charge in [-0.2, -0.15) is 18.2 Å². The number of nitrogens with zero attached hydrogens (tertiary/aromatic N) is 1. The largest absolute Gasteiger partial charge is 0.496 e. The van der Waals surface area contributed by atoms with Gasteiger partial charge in [0.05, 0.1) is 25.3 Å². The molecule has 1 aliphatic heterocycles. The third-order valence-electron chi connectivity index (χ3n) is 5.03. The zero-order valence-electron chi connectivity index (χ0n) is 16.5. The van der Waals surface area contributed by atoms with Crippen molar-refractivity contribution in [2.75, 3.05) is 27.3 Å². The maximum Gasteiger partial charge on any atom is 0.416 e. The normalized spacial score (nSPS) is 20.4. The lowest BCUT2D eigenvalue weighted by atomic mass is 10.0. The lowest BCUT2D eigenvalue weighted by Crippen LogP contribution is -2.40. The lowest BCUT2D eigenvalue weighted by Gasteiger charge is -2.24. The van der Waals surface area contributed by atoms with Crippen LogP contribution in [0.25, 0.3) is 0 Å². The number of sulfonamides is 1. The van der Waals surface area contributed by atoms with Crippen LogP contribution in [0.15, 0.2) is 48.5 Å². The smallest absolute Gasteiger partial charge is 0.416 e. The molecule has 1 aliphatic rings. The van der Waals surface area contributed by atoms with Crippen molar-refractivity contribution in [1.82, 2.24) is 9.79 Å². The number of hydrogen-bond acceptors (Lipinski definition) is 5. The zero-order chi connectivity index (χ0) is 21.9. The first-order valence-corrected chi connectivity index (χ1v) is 10.8. The van der Waals surface area contributed by atoms with Crippen LogP contribution in [0.4, 0.5) is 13.2 Å². The molecule has 1 heterocycles. The number of hydroxylamine groups is 2. The third kappa shape index (κ3) is 4.94. The van der Waals surface area contributed by atoms with Crippen molar-refractivity contribution < 1.29 is 31.2 Å². The predicted molar refractivity (Wildman–Crippen MR) is 105 cm³/mol. The summed E-state index contributed by atoms with van der Waals surface area (Å²) in [5, 5.41) is 0.239. The van der Waals surface area contributed by atoms with Crippen molar-refractivity contribution in [3.63, 3.8) is 0 Å². The molecule has 0 unspecified atom stereocenters. The summed E-state index contributed by atoms with van der Waals surface area (Å²) in [6.07, 6.45) is -4.11. The average Bonchev–Trinajstić information content (AvgIpc) is 3.10. The summed E-state index contributed by atoms with van der Waals surface area (Å²) in [6.45, 7) is -0.0281. The summed E-state index contributed by atoms with van der Waals surface area (Å²) >= 11 is 0. The number of methoxy groups -OCH3 is 1. The standard InChI is InChI=1S/C20H23F3N2O4S/c1-25-19(15-7-5-8-16(12-15)20(21,22)23)18(13-29-25)30(26,27)24-11-10-14-6-3-4-9-17(14)28-2/h3-9,12,18-19,24H,10-11,13H2,1-2H3/t18-,19+/m0/s1. The lowest BCUT2D eigenvalue weighted by molar-refractivity contribution is -0.138. The first kappa shape index (κ1) is 22.5. The molecule has 164 valence electrons. The number of nitrogens with one attached hydrogen (secondary N) is 1. The van der Waals surface area contributed by atoms with Crippen molar-refractivity contribution >= 4 is 10.0 Å². The third-order valence-corrected chi connectivity index (χ3v) is 6.83. The number of alkyl halides is 3. The van der Waals surface area contributed by atoms with Crippen molar-refractivity contribution in [1.29, 1.82) is 0 Å². The minimum atomic E-state index is -4.52. The molecule has 3 rings (SSSR count). The van der Waals surface area contributed by atoms with Crippen LogP contribution in [-0.4, -0.2) is 46.0 Å². The van der Waals surface area contributed by atoms with Crippen molar-refractivity contribution in [3.05, 3.63) is 65.2 Å². The van der Waals surface area contributed by atoms with E-state index in [2.05, 4.69) is 4.72 Å². The van der Waals surface area contributed by atoms with Crippen LogP contribution in [0.5, 0.6) is 5.75 Å². The Morgan fingerprint density at radius 1 is 1.20 bits per heavy atom. The van der Waals surface area contributed by atoms with Crippen LogP contribution in [0.2, 0.25) is 0 Å². The van der Waals surface area contributed by atoms with Crippen molar-refractivity contribution in [2.24, 2.45) is 0 Å². The van der Waals surface area contributed by atoms with E-state index in [1.165, 1.54) is 31.4 Å². The van der Waals surface area contributed by atoms with E-state index in [9.17, 15) is 21.6 Å². The summed E-state index contributed by atoms with van der Waals surface area (Å²) in [4.78, 5) is 5.36. The second-order valence-electron chi connectivity index (χ2n) is 6.95. The molecule has 1 N–H and O–H groups in total. The van der Waals surface area contributed by atoms with Gasteiger partial charge in [0.25, 0.3) is 0 Å². The summed E-state index contributed by atoms with van der Waals surface area (Å²) in [7, 11) is -0.822. The Hall–Kier alpha value is -2.14. The Morgan fingerprint density at radius 2 is 1.93 bits per heavy atom. The highest BCUT2D eigenvalue weighted by Crippen LogP contribution is 2.36. The molecule has 2 aromatic rings. The summed E-state index contributed by atoms with van der Waals surface area (Å²) in [5.41, 5.74) is 0.238. The van der Waals surface area contributed by atoms with Crippen LogP contribution in [0, 0.1) is 0 Å². The predicted octanol–water partition coefficient (Wildman–Crippen LogP) is 3.16. The van der Waals surface area contributed by atoms with Crippen molar-refractivity contribution in [2.45, 2.75) is 23.9 Å². The molecule has 1 fully saturated rings. The van der Waals surface area contributed by atoms with E-state index in [4.69, 9.17) is 9.57 Å². The molecule has 30 heavy (non-hydrogen) atoms. The monoisotopic (exact) mass is 444 g/mol. The second kappa shape index (κ2) is 8.93. The molecule has 0 amide bonds. The molecule has 0 saturated carbocycles. The summed E-state index contributed by atoms with van der Waals surface area (Å²) in [6, 6.07) is 11.1. The Balaban J connectivity index is 1.76. The Morgan fingerprint density at radius 3 is 2.63 bits per heavy atom. The van der Waals surface area contributed by atoms with Gasteiger partial charge in [0.15, 0.2) is 0 Å². The number of rotatable bonds is 7. The Labute approximate surface area is 173 Å². The van der Waals surface area contributed by atoms with Crippen molar-refractivity contribution in [3.8, 4) is 5.75 Å². The van der Waals surface area contributed by atoms with Gasteiger partial charge in [-0.1, -0.05) is 30.3 Å². The van der Waals surface area contributed by atoms with E-state index in [-0.39, 0.29) is 18.7 Å². The molecule has 0 radical (unpaired) electrons. The number of halogens is 3. The number of ether oxygens (including phenoxy) is 1. The molecule has 2 atom stereocenters. The highest BCUT2D eigenvalue weighted by molar-refractivity contribution is 7.90. The minimum absolute atomic E-state index is 0.123. The zero-order valence-corrected chi connectivity index (χ0v) is 17.3. The van der Waals surface area contributed by atoms with E-state index in [1.807, 2.05) is 18.2 Å². The molecule has 10 heteroatoms. The molecular formula is C20H23F3N2O4S. The van der Waals surface area contributed by atoms with Crippen LogP contribution < -0.4 is 9.46 Å². The fourth-order valence-electron chi connectivity index (χ4n) is 3.52. The second-order valence-corrected chi connectivity index (χ2v) is 8.93. The summed E-state index contributed by atoms with van der Waals surface area (Å²) in [5.74, 6) is 0.655. The molecule has 2 aromatic carbocycles. The fraction of sp³-hybridized carbons (Fsp3) is 0.400. The van der Waals surface area contributed by atoms with Gasteiger partial charge in [0.1, 0.15) is 11.0 Å². The first-order valence-electron chi connectivity index (χ1n) is 9.27. The first-order chi connectivity index (χ1) is 14.1. The van der Waals surface area contributed by atoms with E-state index < -0.39 is 33.1 Å². The molecule has 0 bridgehead atoms. The number of para-hydroxylation sites is 1. The van der Waals surface area contributed by atoms with Crippen LogP contribution in [0.1, 0.15) is 22.7 Å².